The second-order valence-corrected chi connectivity index (χ2v) is 6.03. The Labute approximate surface area is 144 Å². The molecular weight excluding hydrogens is 310 g/mol. The summed E-state index contributed by atoms with van der Waals surface area (Å²) in [6.45, 7) is 5.35. The number of hydrogen-bond donors (Lipinski definition) is 0. The first-order valence-corrected chi connectivity index (χ1v) is 8.06. The molecule has 0 aromatic heterocycles. The third kappa shape index (κ3) is 5.69. The highest BCUT2D eigenvalue weighted by molar-refractivity contribution is 5.79. The Morgan fingerprint density at radius 3 is 2.17 bits per heavy atom. The lowest BCUT2D eigenvalue weighted by Gasteiger charge is -2.27. The molecule has 6 heteroatoms. The minimum Gasteiger partial charge on any atom is -0.493 e. The zero-order valence-electron chi connectivity index (χ0n) is 15.5. The van der Waals surface area contributed by atoms with E-state index in [-0.39, 0.29) is 12.0 Å². The predicted molar refractivity (Wildman–Crippen MR) is 92.9 cm³/mol. The zero-order chi connectivity index (χ0) is 18.1. The van der Waals surface area contributed by atoms with Crippen LogP contribution in [0, 0.1) is 5.92 Å². The van der Waals surface area contributed by atoms with Crippen molar-refractivity contribution in [1.82, 2.24) is 4.90 Å². The van der Waals surface area contributed by atoms with Crippen LogP contribution in [0.3, 0.4) is 0 Å². The minimum absolute atomic E-state index is 0.307. The monoisotopic (exact) mass is 339 g/mol. The molecule has 0 saturated heterocycles. The van der Waals surface area contributed by atoms with Gasteiger partial charge in [-0.05, 0) is 31.5 Å². The van der Waals surface area contributed by atoms with Crippen LogP contribution in [0.15, 0.2) is 18.2 Å². The number of methoxy groups -OCH3 is 3. The number of para-hydroxylation sites is 1. The average Bonchev–Trinajstić information content (AvgIpc) is 2.57. The fourth-order valence-corrected chi connectivity index (χ4v) is 2.38. The van der Waals surface area contributed by atoms with Crippen molar-refractivity contribution in [2.24, 2.45) is 5.92 Å². The molecule has 0 amide bonds. The molecule has 0 aliphatic heterocycles. The van der Waals surface area contributed by atoms with E-state index in [0.29, 0.717) is 42.7 Å². The lowest BCUT2D eigenvalue weighted by atomic mass is 10.0. The number of esters is 1. The van der Waals surface area contributed by atoms with Gasteiger partial charge in [-0.2, -0.15) is 0 Å². The van der Waals surface area contributed by atoms with Gasteiger partial charge in [0.05, 0.1) is 20.8 Å². The van der Waals surface area contributed by atoms with E-state index < -0.39 is 0 Å². The van der Waals surface area contributed by atoms with Gasteiger partial charge in [-0.3, -0.25) is 4.90 Å². The Hall–Kier alpha value is -1.79. The van der Waals surface area contributed by atoms with E-state index in [4.69, 9.17) is 18.9 Å². The number of likely N-dealkylation sites (N-methyl/N-ethyl adjacent to an activating group) is 1. The second-order valence-electron chi connectivity index (χ2n) is 6.03. The minimum atomic E-state index is -0.366. The standard InChI is InChI=1S/C18H29NO5/c1-13(2)12-14(19(3)10-11-21-4)18(20)24-17-15(22-5)8-7-9-16(17)23-6/h7-9,13-14H,10-12H2,1-6H3. The molecule has 1 aromatic carbocycles. The molecular formula is C18H29NO5. The maximum absolute atomic E-state index is 12.8. The fraction of sp³-hybridized carbons (Fsp3) is 0.611. The van der Waals surface area contributed by atoms with Crippen LogP contribution in [0.2, 0.25) is 0 Å². The van der Waals surface area contributed by atoms with Crippen molar-refractivity contribution >= 4 is 5.97 Å². The molecule has 0 aliphatic carbocycles. The largest absolute Gasteiger partial charge is 0.493 e. The van der Waals surface area contributed by atoms with E-state index >= 15 is 0 Å². The first-order valence-electron chi connectivity index (χ1n) is 8.06. The Bertz CT molecular complexity index is 496. The number of hydrogen-bond acceptors (Lipinski definition) is 6. The van der Waals surface area contributed by atoms with Crippen molar-refractivity contribution < 1.29 is 23.7 Å². The maximum atomic E-state index is 12.8. The number of nitrogens with zero attached hydrogens (tertiary/aromatic N) is 1. The molecule has 0 bridgehead atoms. The van der Waals surface area contributed by atoms with Crippen molar-refractivity contribution in [3.63, 3.8) is 0 Å². The maximum Gasteiger partial charge on any atom is 0.329 e. The average molecular weight is 339 g/mol. The molecule has 0 radical (unpaired) electrons. The third-order valence-corrected chi connectivity index (χ3v) is 3.73. The molecule has 0 saturated carbocycles. The lowest BCUT2D eigenvalue weighted by molar-refractivity contribution is -0.141. The summed E-state index contributed by atoms with van der Waals surface area (Å²) in [7, 11) is 6.60. The molecule has 0 aliphatic rings. The van der Waals surface area contributed by atoms with Gasteiger partial charge in [0, 0.05) is 13.7 Å². The summed E-state index contributed by atoms with van der Waals surface area (Å²) in [5.74, 6) is 1.26. The van der Waals surface area contributed by atoms with Crippen molar-refractivity contribution in [1.29, 1.82) is 0 Å². The van der Waals surface area contributed by atoms with Gasteiger partial charge in [0.1, 0.15) is 6.04 Å². The highest BCUT2D eigenvalue weighted by Gasteiger charge is 2.28. The van der Waals surface area contributed by atoms with Crippen molar-refractivity contribution in [3.8, 4) is 17.2 Å². The van der Waals surface area contributed by atoms with Crippen molar-refractivity contribution in [2.45, 2.75) is 26.3 Å². The third-order valence-electron chi connectivity index (χ3n) is 3.73. The first-order chi connectivity index (χ1) is 11.4. The molecule has 6 nitrogen and oxygen atoms in total. The molecule has 0 fully saturated rings. The molecule has 24 heavy (non-hydrogen) atoms. The number of ether oxygens (including phenoxy) is 4. The van der Waals surface area contributed by atoms with Gasteiger partial charge in [0.15, 0.2) is 11.5 Å². The van der Waals surface area contributed by atoms with Gasteiger partial charge in [0.25, 0.3) is 0 Å². The van der Waals surface area contributed by atoms with Gasteiger partial charge in [-0.15, -0.1) is 0 Å². The van der Waals surface area contributed by atoms with Crippen LogP contribution in [0.25, 0.3) is 0 Å². The Morgan fingerprint density at radius 1 is 1.12 bits per heavy atom. The zero-order valence-corrected chi connectivity index (χ0v) is 15.5. The molecule has 1 rings (SSSR count). The van der Waals surface area contributed by atoms with Crippen LogP contribution >= 0.6 is 0 Å². The van der Waals surface area contributed by atoms with Crippen molar-refractivity contribution in [2.75, 3.05) is 41.5 Å². The molecule has 1 atom stereocenters. The first kappa shape index (κ1) is 20.3. The van der Waals surface area contributed by atoms with Crippen LogP contribution in [-0.4, -0.2) is 58.4 Å². The van der Waals surface area contributed by atoms with E-state index in [1.54, 1.807) is 25.3 Å². The smallest absolute Gasteiger partial charge is 0.329 e. The Kier molecular flexibility index (Phi) is 8.57. The lowest BCUT2D eigenvalue weighted by Crippen LogP contribution is -2.43. The molecule has 0 N–H and O–H groups in total. The van der Waals surface area contributed by atoms with Gasteiger partial charge >= 0.3 is 5.97 Å². The summed E-state index contributed by atoms with van der Waals surface area (Å²) in [5, 5.41) is 0. The second kappa shape index (κ2) is 10.2. The van der Waals surface area contributed by atoms with E-state index in [1.165, 1.54) is 14.2 Å². The number of rotatable bonds is 10. The van der Waals surface area contributed by atoms with Crippen LogP contribution < -0.4 is 14.2 Å². The quantitative estimate of drug-likeness (QED) is 0.482. The predicted octanol–water partition coefficient (Wildman–Crippen LogP) is 2.60. The van der Waals surface area contributed by atoms with Gasteiger partial charge in [0.2, 0.25) is 5.75 Å². The highest BCUT2D eigenvalue weighted by atomic mass is 16.6. The van der Waals surface area contributed by atoms with Gasteiger partial charge < -0.3 is 18.9 Å². The van der Waals surface area contributed by atoms with E-state index in [0.717, 1.165) is 0 Å². The molecule has 0 spiro atoms. The van der Waals surface area contributed by atoms with Crippen LogP contribution in [0.1, 0.15) is 20.3 Å². The van der Waals surface area contributed by atoms with E-state index in [9.17, 15) is 4.79 Å². The summed E-state index contributed by atoms with van der Waals surface area (Å²) in [5.41, 5.74) is 0. The number of benzene rings is 1. The van der Waals surface area contributed by atoms with Crippen LogP contribution in [0.5, 0.6) is 17.2 Å². The molecule has 136 valence electrons. The van der Waals surface area contributed by atoms with Crippen LogP contribution in [0.4, 0.5) is 0 Å². The van der Waals surface area contributed by atoms with Gasteiger partial charge in [-0.1, -0.05) is 19.9 Å². The highest BCUT2D eigenvalue weighted by Crippen LogP contribution is 2.37. The van der Waals surface area contributed by atoms with Crippen molar-refractivity contribution in [3.05, 3.63) is 18.2 Å². The van der Waals surface area contributed by atoms with E-state index in [1.807, 2.05) is 11.9 Å². The summed E-state index contributed by atoms with van der Waals surface area (Å²) in [6.07, 6.45) is 0.691. The summed E-state index contributed by atoms with van der Waals surface area (Å²) >= 11 is 0. The molecule has 1 aromatic rings. The number of carbonyl (C=O) groups excluding carboxylic acids is 1. The SMILES string of the molecule is COCCN(C)C(CC(C)C)C(=O)Oc1c(OC)cccc1OC. The molecule has 0 heterocycles. The van der Waals surface area contributed by atoms with Gasteiger partial charge in [-0.25, -0.2) is 4.79 Å². The Balaban J connectivity index is 2.99. The number of carbonyl (C=O) groups is 1. The van der Waals surface area contributed by atoms with Crippen LogP contribution in [-0.2, 0) is 9.53 Å². The normalized spacial score (nSPS) is 12.3. The Morgan fingerprint density at radius 2 is 1.71 bits per heavy atom. The summed E-state index contributed by atoms with van der Waals surface area (Å²) in [6, 6.07) is 4.88. The fourth-order valence-electron chi connectivity index (χ4n) is 2.38. The summed E-state index contributed by atoms with van der Waals surface area (Å²) < 4.78 is 21.3. The molecule has 1 unspecified atom stereocenters. The van der Waals surface area contributed by atoms with E-state index in [2.05, 4.69) is 13.8 Å². The summed E-state index contributed by atoms with van der Waals surface area (Å²) in [4.78, 5) is 14.7. The topological polar surface area (TPSA) is 57.2 Å².